The van der Waals surface area contributed by atoms with Gasteiger partial charge in [0.2, 0.25) is 0 Å². The molecule has 5 nitrogen and oxygen atoms in total. The molecule has 2 heterocycles. The van der Waals surface area contributed by atoms with Crippen molar-refractivity contribution >= 4 is 12.2 Å². The van der Waals surface area contributed by atoms with Crippen molar-refractivity contribution in [1.29, 1.82) is 0 Å². The molecule has 6 heteroatoms. The number of piperidine rings is 1. The van der Waals surface area contributed by atoms with E-state index < -0.39 is 0 Å². The third-order valence-electron chi connectivity index (χ3n) is 5.72. The topological polar surface area (TPSA) is 35.2 Å². The van der Waals surface area contributed by atoms with Gasteiger partial charge in [-0.25, -0.2) is 4.68 Å². The Hall–Kier alpha value is -1.66. The number of hydrogen-bond acceptors (Lipinski definition) is 4. The van der Waals surface area contributed by atoms with E-state index in [2.05, 4.69) is 48.4 Å². The van der Waals surface area contributed by atoms with Gasteiger partial charge in [0.1, 0.15) is 17.7 Å². The maximum absolute atomic E-state index is 6.30. The van der Waals surface area contributed by atoms with Gasteiger partial charge in [0.15, 0.2) is 4.77 Å². The molecular formula is C21H30N4OS. The van der Waals surface area contributed by atoms with E-state index in [-0.39, 0.29) is 0 Å². The molecule has 2 aliphatic rings. The number of benzene rings is 1. The van der Waals surface area contributed by atoms with E-state index in [1.54, 1.807) is 0 Å². The molecule has 0 atom stereocenters. The zero-order chi connectivity index (χ0) is 19.0. The molecule has 2 fully saturated rings. The Morgan fingerprint density at radius 2 is 1.89 bits per heavy atom. The normalized spacial score (nSPS) is 18.8. The van der Waals surface area contributed by atoms with E-state index in [1.165, 1.54) is 29.8 Å². The van der Waals surface area contributed by atoms with Crippen LogP contribution >= 0.6 is 12.2 Å². The van der Waals surface area contributed by atoms with Gasteiger partial charge in [0, 0.05) is 25.6 Å². The van der Waals surface area contributed by atoms with Gasteiger partial charge >= 0.3 is 0 Å². The molecule has 0 amide bonds. The molecule has 1 aromatic carbocycles. The summed E-state index contributed by atoms with van der Waals surface area (Å²) in [6.07, 6.45) is 4.90. The van der Waals surface area contributed by atoms with Crippen molar-refractivity contribution in [2.24, 2.45) is 0 Å². The molecule has 1 aliphatic heterocycles. The summed E-state index contributed by atoms with van der Waals surface area (Å²) in [7, 11) is 0. The first-order valence-electron chi connectivity index (χ1n) is 10.2. The Morgan fingerprint density at radius 3 is 2.56 bits per heavy atom. The number of ether oxygens (including phenoxy) is 1. The maximum atomic E-state index is 6.30. The van der Waals surface area contributed by atoms with Crippen LogP contribution in [0.5, 0.6) is 5.75 Å². The molecule has 0 N–H and O–H groups in total. The van der Waals surface area contributed by atoms with Gasteiger partial charge in [-0.05, 0) is 75.9 Å². The zero-order valence-corrected chi connectivity index (χ0v) is 17.5. The van der Waals surface area contributed by atoms with Crippen LogP contribution in [0.4, 0.5) is 0 Å². The number of hydrogen-bond donors (Lipinski definition) is 0. The lowest BCUT2D eigenvalue weighted by atomic mass is 10.1. The Balaban J connectivity index is 1.36. The second-order valence-electron chi connectivity index (χ2n) is 8.00. The molecule has 146 valence electrons. The van der Waals surface area contributed by atoms with Crippen molar-refractivity contribution in [3.63, 3.8) is 0 Å². The van der Waals surface area contributed by atoms with Crippen molar-refractivity contribution in [2.75, 3.05) is 13.1 Å². The lowest BCUT2D eigenvalue weighted by molar-refractivity contribution is 0.0795. The Kier molecular flexibility index (Phi) is 5.37. The summed E-state index contributed by atoms with van der Waals surface area (Å²) in [6, 6.07) is 6.43. The monoisotopic (exact) mass is 386 g/mol. The molecular weight excluding hydrogens is 356 g/mol. The minimum Gasteiger partial charge on any atom is -0.490 e. The van der Waals surface area contributed by atoms with Crippen LogP contribution in [0.1, 0.15) is 55.5 Å². The fraction of sp³-hybridized carbons (Fsp3) is 0.619. The lowest BCUT2D eigenvalue weighted by Crippen LogP contribution is -2.39. The van der Waals surface area contributed by atoms with Crippen LogP contribution in [0.3, 0.4) is 0 Å². The van der Waals surface area contributed by atoms with Crippen LogP contribution in [-0.4, -0.2) is 38.4 Å². The van der Waals surface area contributed by atoms with E-state index in [0.29, 0.717) is 12.0 Å². The van der Waals surface area contributed by atoms with Crippen molar-refractivity contribution < 1.29 is 4.74 Å². The summed E-state index contributed by atoms with van der Waals surface area (Å²) in [5.74, 6) is 2.85. The summed E-state index contributed by atoms with van der Waals surface area (Å²) in [5.41, 5.74) is 2.47. The fourth-order valence-corrected chi connectivity index (χ4v) is 4.18. The Morgan fingerprint density at radius 1 is 1.15 bits per heavy atom. The second kappa shape index (κ2) is 7.76. The third kappa shape index (κ3) is 4.11. The minimum absolute atomic E-state index is 0.296. The molecule has 27 heavy (non-hydrogen) atoms. The highest BCUT2D eigenvalue weighted by atomic mass is 32.1. The Labute approximate surface area is 166 Å². The smallest absolute Gasteiger partial charge is 0.199 e. The van der Waals surface area contributed by atoms with Crippen LogP contribution < -0.4 is 4.74 Å². The van der Waals surface area contributed by atoms with Crippen molar-refractivity contribution in [1.82, 2.24) is 19.2 Å². The summed E-state index contributed by atoms with van der Waals surface area (Å²) in [5, 5.41) is 4.85. The van der Waals surface area contributed by atoms with E-state index in [9.17, 15) is 0 Å². The van der Waals surface area contributed by atoms with Crippen LogP contribution in [0, 0.1) is 18.6 Å². The SMILES string of the molecule is CCn1c(C2CC2)nn(CN2CCC(Oc3cc(C)ccc3C)CC2)c1=S. The van der Waals surface area contributed by atoms with E-state index >= 15 is 0 Å². The molecule has 1 aromatic heterocycles. The summed E-state index contributed by atoms with van der Waals surface area (Å²) < 4.78 is 11.4. The minimum atomic E-state index is 0.296. The van der Waals surface area contributed by atoms with Crippen LogP contribution in [0.2, 0.25) is 0 Å². The molecule has 1 saturated heterocycles. The van der Waals surface area contributed by atoms with E-state index in [0.717, 1.165) is 49.7 Å². The number of aromatic nitrogens is 3. The maximum Gasteiger partial charge on any atom is 0.199 e. The number of rotatable bonds is 6. The molecule has 2 aromatic rings. The van der Waals surface area contributed by atoms with E-state index in [1.807, 2.05) is 4.68 Å². The summed E-state index contributed by atoms with van der Waals surface area (Å²) in [4.78, 5) is 2.45. The predicted octanol–water partition coefficient (Wildman–Crippen LogP) is 4.43. The highest BCUT2D eigenvalue weighted by Gasteiger charge is 2.30. The number of aryl methyl sites for hydroxylation is 2. The van der Waals surface area contributed by atoms with Gasteiger partial charge in [-0.15, -0.1) is 0 Å². The van der Waals surface area contributed by atoms with Gasteiger partial charge in [-0.2, -0.15) is 5.10 Å². The quantitative estimate of drug-likeness (QED) is 0.688. The molecule has 0 spiro atoms. The number of likely N-dealkylation sites (tertiary alicyclic amines) is 1. The Bertz CT molecular complexity index is 860. The summed E-state index contributed by atoms with van der Waals surface area (Å²) in [6.45, 7) is 10.1. The lowest BCUT2D eigenvalue weighted by Gasteiger charge is -2.32. The van der Waals surface area contributed by atoms with Crippen LogP contribution in [-0.2, 0) is 13.2 Å². The molecule has 4 rings (SSSR count). The molecule has 0 bridgehead atoms. The first kappa shape index (κ1) is 18.7. The highest BCUT2D eigenvalue weighted by Crippen LogP contribution is 2.39. The summed E-state index contributed by atoms with van der Waals surface area (Å²) >= 11 is 5.68. The molecule has 1 saturated carbocycles. The third-order valence-corrected chi connectivity index (χ3v) is 6.15. The van der Waals surface area contributed by atoms with Crippen molar-refractivity contribution in [3.05, 3.63) is 39.9 Å². The first-order chi connectivity index (χ1) is 13.0. The highest BCUT2D eigenvalue weighted by molar-refractivity contribution is 7.71. The van der Waals surface area contributed by atoms with E-state index in [4.69, 9.17) is 22.1 Å². The van der Waals surface area contributed by atoms with Gasteiger partial charge in [0.05, 0.1) is 6.67 Å². The number of nitrogens with zero attached hydrogens (tertiary/aromatic N) is 4. The molecule has 0 unspecified atom stereocenters. The van der Waals surface area contributed by atoms with Gasteiger partial charge in [0.25, 0.3) is 0 Å². The van der Waals surface area contributed by atoms with Crippen LogP contribution in [0.25, 0.3) is 0 Å². The average Bonchev–Trinajstić information content (AvgIpc) is 3.45. The standard InChI is InChI=1S/C21H30N4OS/c1-4-24-20(17-7-8-17)22-25(21(24)27)14-23-11-9-18(10-12-23)26-19-13-15(2)5-6-16(19)3/h5-6,13,17-18H,4,7-12,14H2,1-3H3. The molecule has 1 aliphatic carbocycles. The van der Waals surface area contributed by atoms with Gasteiger partial charge in [-0.1, -0.05) is 12.1 Å². The largest absolute Gasteiger partial charge is 0.490 e. The van der Waals surface area contributed by atoms with Crippen LogP contribution in [0.15, 0.2) is 18.2 Å². The van der Waals surface area contributed by atoms with Crippen molar-refractivity contribution in [3.8, 4) is 5.75 Å². The zero-order valence-electron chi connectivity index (χ0n) is 16.6. The first-order valence-corrected chi connectivity index (χ1v) is 10.6. The fourth-order valence-electron chi connectivity index (χ4n) is 3.86. The molecule has 0 radical (unpaired) electrons. The van der Waals surface area contributed by atoms with Gasteiger partial charge in [-0.3, -0.25) is 4.90 Å². The average molecular weight is 387 g/mol. The second-order valence-corrected chi connectivity index (χ2v) is 8.37. The van der Waals surface area contributed by atoms with Gasteiger partial charge < -0.3 is 9.30 Å². The predicted molar refractivity (Wildman–Crippen MR) is 110 cm³/mol. The van der Waals surface area contributed by atoms with Crippen molar-refractivity contribution in [2.45, 2.75) is 71.7 Å².